The molecule has 0 aromatic heterocycles. The topological polar surface area (TPSA) is 9.23 Å². The number of rotatable bonds is 2. The molecule has 0 amide bonds. The Morgan fingerprint density at radius 1 is 1.00 bits per heavy atom. The Labute approximate surface area is 119 Å². The summed E-state index contributed by atoms with van der Waals surface area (Å²) in [6.45, 7) is 0. The molecule has 0 saturated carbocycles. The molecule has 0 atom stereocenters. The zero-order valence-electron chi connectivity index (χ0n) is 9.31. The van der Waals surface area contributed by atoms with Crippen LogP contribution in [0.2, 0.25) is 15.1 Å². The summed E-state index contributed by atoms with van der Waals surface area (Å²) in [7, 11) is 1.47. The molecule has 0 aliphatic heterocycles. The van der Waals surface area contributed by atoms with Crippen molar-refractivity contribution in [2.45, 2.75) is 0 Å². The lowest BCUT2D eigenvalue weighted by Gasteiger charge is -2.10. The molecule has 2 rings (SSSR count). The lowest BCUT2D eigenvalue weighted by molar-refractivity contribution is 0.411. The Bertz CT molecular complexity index is 599. The second-order valence-corrected chi connectivity index (χ2v) is 4.76. The van der Waals surface area contributed by atoms with E-state index in [1.54, 1.807) is 24.3 Å². The van der Waals surface area contributed by atoms with Gasteiger partial charge in [0.05, 0.1) is 22.2 Å². The third kappa shape index (κ3) is 2.41. The van der Waals surface area contributed by atoms with Crippen LogP contribution in [0.1, 0.15) is 0 Å². The van der Waals surface area contributed by atoms with E-state index in [2.05, 4.69) is 0 Å². The van der Waals surface area contributed by atoms with Gasteiger partial charge in [0.15, 0.2) is 0 Å². The molecule has 0 unspecified atom stereocenters. The second kappa shape index (κ2) is 5.35. The second-order valence-electron chi connectivity index (χ2n) is 3.56. The maximum atomic E-state index is 14.0. The predicted molar refractivity (Wildman–Crippen MR) is 73.4 cm³/mol. The van der Waals surface area contributed by atoms with Gasteiger partial charge in [-0.2, -0.15) is 0 Å². The Kier molecular flexibility index (Phi) is 4.00. The van der Waals surface area contributed by atoms with Crippen molar-refractivity contribution < 1.29 is 9.13 Å². The van der Waals surface area contributed by atoms with Crippen molar-refractivity contribution in [2.75, 3.05) is 7.11 Å². The van der Waals surface area contributed by atoms with Crippen LogP contribution in [0.4, 0.5) is 4.39 Å². The number of ether oxygens (including phenoxy) is 1. The molecule has 0 aliphatic carbocycles. The smallest absolute Gasteiger partial charge is 0.134 e. The predicted octanol–water partition coefficient (Wildman–Crippen LogP) is 5.46. The van der Waals surface area contributed by atoms with Crippen LogP contribution in [-0.4, -0.2) is 7.11 Å². The van der Waals surface area contributed by atoms with Gasteiger partial charge in [-0.1, -0.05) is 34.8 Å². The first-order chi connectivity index (χ1) is 8.54. The van der Waals surface area contributed by atoms with Gasteiger partial charge in [-0.25, -0.2) is 4.39 Å². The van der Waals surface area contributed by atoms with Crippen molar-refractivity contribution in [1.29, 1.82) is 0 Å². The summed E-state index contributed by atoms with van der Waals surface area (Å²) in [4.78, 5) is 0. The Morgan fingerprint density at radius 3 is 2.28 bits per heavy atom. The Hall–Kier alpha value is -0.960. The van der Waals surface area contributed by atoms with E-state index in [0.717, 1.165) is 0 Å². The van der Waals surface area contributed by atoms with Gasteiger partial charge in [0, 0.05) is 17.2 Å². The van der Waals surface area contributed by atoms with Gasteiger partial charge in [-0.05, 0) is 24.3 Å². The van der Waals surface area contributed by atoms with Crippen LogP contribution >= 0.6 is 34.8 Å². The molecule has 1 nitrogen and oxygen atoms in total. The van der Waals surface area contributed by atoms with Crippen LogP contribution in [0.25, 0.3) is 11.1 Å². The molecule has 94 valence electrons. The first kappa shape index (κ1) is 13.5. The number of hydrogen-bond acceptors (Lipinski definition) is 1. The fourth-order valence-electron chi connectivity index (χ4n) is 1.60. The van der Waals surface area contributed by atoms with Gasteiger partial charge in [-0.15, -0.1) is 0 Å². The molecule has 0 saturated heterocycles. The van der Waals surface area contributed by atoms with Crippen molar-refractivity contribution in [3.8, 4) is 16.9 Å². The monoisotopic (exact) mass is 304 g/mol. The molecule has 0 spiro atoms. The quantitative estimate of drug-likeness (QED) is 0.669. The van der Waals surface area contributed by atoms with Crippen LogP contribution in [0.5, 0.6) is 5.75 Å². The van der Waals surface area contributed by atoms with Gasteiger partial charge in [0.25, 0.3) is 0 Å². The minimum absolute atomic E-state index is 0.230. The Balaban J connectivity index is 2.66. The van der Waals surface area contributed by atoms with Gasteiger partial charge in [0.1, 0.15) is 11.6 Å². The molecule has 0 heterocycles. The fourth-order valence-corrected chi connectivity index (χ4v) is 2.33. The van der Waals surface area contributed by atoms with Gasteiger partial charge in [-0.3, -0.25) is 0 Å². The lowest BCUT2D eigenvalue weighted by atomic mass is 10.0. The molecule has 18 heavy (non-hydrogen) atoms. The third-order valence-corrected chi connectivity index (χ3v) is 3.61. The van der Waals surface area contributed by atoms with E-state index < -0.39 is 5.82 Å². The van der Waals surface area contributed by atoms with Crippen LogP contribution in [0.15, 0.2) is 30.3 Å². The average molecular weight is 306 g/mol. The molecule has 0 aliphatic rings. The molecule has 0 bridgehead atoms. The molecule has 0 N–H and O–H groups in total. The molecule has 0 radical (unpaired) electrons. The number of benzene rings is 2. The van der Waals surface area contributed by atoms with Crippen LogP contribution in [-0.2, 0) is 0 Å². The first-order valence-electron chi connectivity index (χ1n) is 5.02. The highest BCUT2D eigenvalue weighted by Crippen LogP contribution is 2.40. The van der Waals surface area contributed by atoms with Crippen molar-refractivity contribution in [3.05, 3.63) is 51.2 Å². The molecule has 2 aromatic carbocycles. The zero-order valence-corrected chi connectivity index (χ0v) is 11.6. The normalized spacial score (nSPS) is 10.5. The SMILES string of the molecule is COc1ccc(-c2c(Cl)ccc(Cl)c2Cl)c(F)c1. The standard InChI is InChI=1S/C13H8Cl3FO/c1-18-7-2-3-8(11(17)6-7)12-9(14)4-5-10(15)13(12)16/h2-6H,1H3. The molecule has 0 fully saturated rings. The van der Waals surface area contributed by atoms with Crippen molar-refractivity contribution in [2.24, 2.45) is 0 Å². The highest BCUT2D eigenvalue weighted by Gasteiger charge is 2.15. The van der Waals surface area contributed by atoms with Crippen LogP contribution in [0, 0.1) is 5.82 Å². The molecular formula is C13H8Cl3FO. The molecule has 2 aromatic rings. The minimum atomic E-state index is -0.472. The van der Waals surface area contributed by atoms with Crippen LogP contribution < -0.4 is 4.74 Å². The van der Waals surface area contributed by atoms with E-state index in [-0.39, 0.29) is 10.6 Å². The van der Waals surface area contributed by atoms with Crippen LogP contribution in [0.3, 0.4) is 0 Å². The summed E-state index contributed by atoms with van der Waals surface area (Å²) >= 11 is 18.0. The average Bonchev–Trinajstić information content (AvgIpc) is 2.36. The van der Waals surface area contributed by atoms with E-state index in [9.17, 15) is 4.39 Å². The van der Waals surface area contributed by atoms with E-state index in [1.807, 2.05) is 0 Å². The van der Waals surface area contributed by atoms with E-state index in [1.165, 1.54) is 13.2 Å². The maximum absolute atomic E-state index is 14.0. The zero-order chi connectivity index (χ0) is 13.3. The largest absolute Gasteiger partial charge is 0.497 e. The van der Waals surface area contributed by atoms with Gasteiger partial charge >= 0.3 is 0 Å². The van der Waals surface area contributed by atoms with Crippen molar-refractivity contribution in [1.82, 2.24) is 0 Å². The fraction of sp³-hybridized carbons (Fsp3) is 0.0769. The molecule has 5 heteroatoms. The summed E-state index contributed by atoms with van der Waals surface area (Å²) in [5, 5.41) is 0.896. The Morgan fingerprint density at radius 2 is 1.67 bits per heavy atom. The number of hydrogen-bond donors (Lipinski definition) is 0. The maximum Gasteiger partial charge on any atom is 0.134 e. The van der Waals surface area contributed by atoms with Gasteiger partial charge < -0.3 is 4.74 Å². The van der Waals surface area contributed by atoms with Gasteiger partial charge in [0.2, 0.25) is 0 Å². The number of halogens is 4. The number of methoxy groups -OCH3 is 1. The first-order valence-corrected chi connectivity index (χ1v) is 6.15. The minimum Gasteiger partial charge on any atom is -0.497 e. The van der Waals surface area contributed by atoms with E-state index in [0.29, 0.717) is 21.4 Å². The summed E-state index contributed by atoms with van der Waals surface area (Å²) < 4.78 is 18.9. The molecular weight excluding hydrogens is 297 g/mol. The lowest BCUT2D eigenvalue weighted by Crippen LogP contribution is -1.90. The summed E-state index contributed by atoms with van der Waals surface area (Å²) in [6.07, 6.45) is 0. The third-order valence-electron chi connectivity index (χ3n) is 2.49. The van der Waals surface area contributed by atoms with E-state index in [4.69, 9.17) is 39.5 Å². The summed E-state index contributed by atoms with van der Waals surface area (Å²) in [6, 6.07) is 7.60. The summed E-state index contributed by atoms with van der Waals surface area (Å²) in [5.41, 5.74) is 0.666. The van der Waals surface area contributed by atoms with E-state index >= 15 is 0 Å². The highest BCUT2D eigenvalue weighted by molar-refractivity contribution is 6.46. The van der Waals surface area contributed by atoms with Crippen molar-refractivity contribution >= 4 is 34.8 Å². The highest BCUT2D eigenvalue weighted by atomic mass is 35.5. The van der Waals surface area contributed by atoms with Crippen molar-refractivity contribution in [3.63, 3.8) is 0 Å². The summed E-state index contributed by atoms with van der Waals surface area (Å²) in [5.74, 6) is -0.0501.